The molecule has 0 amide bonds. The van der Waals surface area contributed by atoms with Gasteiger partial charge in [0, 0.05) is 5.56 Å². The number of nitrogens with zero attached hydrogens (tertiary/aromatic N) is 1. The molecule has 0 atom stereocenters. The Kier molecular flexibility index (Phi) is 4.37. The van der Waals surface area contributed by atoms with Crippen LogP contribution in [0.3, 0.4) is 0 Å². The zero-order valence-corrected chi connectivity index (χ0v) is 10.5. The van der Waals surface area contributed by atoms with Gasteiger partial charge in [0.25, 0.3) is 16.4 Å². The van der Waals surface area contributed by atoms with Crippen molar-refractivity contribution in [1.29, 1.82) is 0 Å². The van der Waals surface area contributed by atoms with E-state index in [-0.39, 0.29) is 6.07 Å². The van der Waals surface area contributed by atoms with Crippen molar-refractivity contribution in [1.82, 2.24) is 4.98 Å². The zero-order valence-electron chi connectivity index (χ0n) is 8.88. The average Bonchev–Trinajstić information content (AvgIpc) is 2.24. The van der Waals surface area contributed by atoms with Crippen LogP contribution in [0.4, 0.5) is 22.0 Å². The van der Waals surface area contributed by atoms with Gasteiger partial charge >= 0.3 is 6.18 Å². The zero-order chi connectivity index (χ0) is 15.0. The van der Waals surface area contributed by atoms with Crippen LogP contribution in [0, 0.1) is 0 Å². The highest BCUT2D eigenvalue weighted by Gasteiger charge is 2.40. The smallest absolute Gasteiger partial charge is 0.238 e. The van der Waals surface area contributed by atoms with E-state index < -0.39 is 50.4 Å². The summed E-state index contributed by atoms with van der Waals surface area (Å²) < 4.78 is 85.3. The molecule has 0 aliphatic heterocycles. The van der Waals surface area contributed by atoms with Crippen molar-refractivity contribution < 1.29 is 30.4 Å². The lowest BCUT2D eigenvalue weighted by molar-refractivity contribution is -0.140. The fourth-order valence-corrected chi connectivity index (χ4v) is 2.06. The number of aromatic nitrogens is 1. The van der Waals surface area contributed by atoms with Crippen LogP contribution in [0.25, 0.3) is 0 Å². The lowest BCUT2D eigenvalue weighted by Gasteiger charge is -2.16. The standard InChI is InChI=1S/C8H6ClF5N2O2S/c9-2-4-6(8(12,13)14)3(7(10)11)1-5(16-4)19(15,17)18/h1,7H,2H2,(H2,15,17,18). The van der Waals surface area contributed by atoms with E-state index in [1.54, 1.807) is 0 Å². The summed E-state index contributed by atoms with van der Waals surface area (Å²) in [5, 5.41) is 3.56. The van der Waals surface area contributed by atoms with E-state index in [1.807, 2.05) is 0 Å². The largest absolute Gasteiger partial charge is 0.418 e. The van der Waals surface area contributed by atoms with Gasteiger partial charge in [-0.05, 0) is 6.07 Å². The number of nitrogens with two attached hydrogens (primary N) is 1. The summed E-state index contributed by atoms with van der Waals surface area (Å²) in [6.45, 7) is 0. The van der Waals surface area contributed by atoms with E-state index in [4.69, 9.17) is 11.6 Å². The van der Waals surface area contributed by atoms with Gasteiger partial charge < -0.3 is 0 Å². The first-order valence-corrected chi connectivity index (χ1v) is 6.54. The Labute approximate surface area is 109 Å². The fraction of sp³-hybridized carbons (Fsp3) is 0.375. The van der Waals surface area contributed by atoms with Gasteiger partial charge in [0.05, 0.1) is 17.1 Å². The fourth-order valence-electron chi connectivity index (χ4n) is 1.33. The summed E-state index contributed by atoms with van der Waals surface area (Å²) in [5.74, 6) is -0.891. The van der Waals surface area contributed by atoms with Crippen molar-refractivity contribution in [2.45, 2.75) is 23.5 Å². The molecule has 19 heavy (non-hydrogen) atoms. The summed E-state index contributed by atoms with van der Waals surface area (Å²) in [6.07, 6.45) is -8.69. The Balaban J connectivity index is 3.74. The van der Waals surface area contributed by atoms with E-state index in [1.165, 1.54) is 0 Å². The first-order valence-electron chi connectivity index (χ1n) is 4.46. The van der Waals surface area contributed by atoms with Gasteiger partial charge in [-0.2, -0.15) is 13.2 Å². The minimum absolute atomic E-state index is 0.0961. The topological polar surface area (TPSA) is 73.1 Å². The third-order valence-corrected chi connectivity index (χ3v) is 3.08. The van der Waals surface area contributed by atoms with Crippen molar-refractivity contribution in [2.75, 3.05) is 0 Å². The summed E-state index contributed by atoms with van der Waals surface area (Å²) in [7, 11) is -4.52. The molecule has 0 aliphatic carbocycles. The van der Waals surface area contributed by atoms with Crippen LogP contribution in [0.1, 0.15) is 23.2 Å². The van der Waals surface area contributed by atoms with Crippen molar-refractivity contribution in [2.24, 2.45) is 5.14 Å². The van der Waals surface area contributed by atoms with Gasteiger partial charge in [0.15, 0.2) is 5.03 Å². The summed E-state index contributed by atoms with van der Waals surface area (Å²) in [5.41, 5.74) is -4.29. The first-order chi connectivity index (χ1) is 8.48. The number of halogens is 6. The Morgan fingerprint density at radius 1 is 1.37 bits per heavy atom. The molecule has 108 valence electrons. The van der Waals surface area contributed by atoms with Gasteiger partial charge in [0.1, 0.15) is 0 Å². The molecule has 11 heteroatoms. The van der Waals surface area contributed by atoms with E-state index in [0.29, 0.717) is 0 Å². The Morgan fingerprint density at radius 2 is 1.89 bits per heavy atom. The predicted molar refractivity (Wildman–Crippen MR) is 55.1 cm³/mol. The third kappa shape index (κ3) is 3.51. The number of alkyl halides is 6. The maximum absolute atomic E-state index is 12.7. The van der Waals surface area contributed by atoms with Crippen LogP contribution in [0.5, 0.6) is 0 Å². The molecule has 0 radical (unpaired) electrons. The van der Waals surface area contributed by atoms with Crippen molar-refractivity contribution in [3.05, 3.63) is 22.9 Å². The number of primary sulfonamides is 1. The lowest BCUT2D eigenvalue weighted by Crippen LogP contribution is -2.20. The van der Waals surface area contributed by atoms with E-state index in [9.17, 15) is 30.4 Å². The van der Waals surface area contributed by atoms with E-state index in [2.05, 4.69) is 10.1 Å². The molecule has 0 aliphatic rings. The lowest BCUT2D eigenvalue weighted by atomic mass is 10.1. The van der Waals surface area contributed by atoms with Gasteiger partial charge in [0.2, 0.25) is 0 Å². The van der Waals surface area contributed by atoms with Crippen LogP contribution in [0.15, 0.2) is 11.1 Å². The predicted octanol–water partition coefficient (Wildman–Crippen LogP) is 2.42. The molecule has 0 fully saturated rings. The van der Waals surface area contributed by atoms with Gasteiger partial charge in [-0.15, -0.1) is 11.6 Å². The third-order valence-electron chi connectivity index (χ3n) is 2.04. The minimum atomic E-state index is -5.14. The van der Waals surface area contributed by atoms with E-state index >= 15 is 0 Å². The Hall–Kier alpha value is -1.00. The van der Waals surface area contributed by atoms with Crippen molar-refractivity contribution in [3.8, 4) is 0 Å². The molecule has 0 spiro atoms. The van der Waals surface area contributed by atoms with Crippen LogP contribution in [0.2, 0.25) is 0 Å². The molecule has 0 saturated heterocycles. The van der Waals surface area contributed by atoms with Crippen LogP contribution >= 0.6 is 11.6 Å². The first kappa shape index (κ1) is 16.1. The Morgan fingerprint density at radius 3 is 2.21 bits per heavy atom. The van der Waals surface area contributed by atoms with Gasteiger partial charge in [-0.25, -0.2) is 27.3 Å². The molecular formula is C8H6ClF5N2O2S. The maximum atomic E-state index is 12.7. The molecule has 1 aromatic rings. The monoisotopic (exact) mass is 324 g/mol. The molecule has 0 aromatic carbocycles. The second-order valence-electron chi connectivity index (χ2n) is 3.35. The molecule has 1 heterocycles. The summed E-state index contributed by atoms with van der Waals surface area (Å²) >= 11 is 5.19. The highest BCUT2D eigenvalue weighted by atomic mass is 35.5. The molecule has 0 saturated carbocycles. The molecule has 1 rings (SSSR count). The Bertz CT molecular complexity index is 588. The summed E-state index contributed by atoms with van der Waals surface area (Å²) in [4.78, 5) is 3.07. The van der Waals surface area contributed by atoms with Crippen LogP contribution in [-0.4, -0.2) is 13.4 Å². The molecule has 2 N–H and O–H groups in total. The molecular weight excluding hydrogens is 319 g/mol. The summed E-state index contributed by atoms with van der Waals surface area (Å²) in [6, 6.07) is 0.0961. The number of hydrogen-bond acceptors (Lipinski definition) is 3. The van der Waals surface area contributed by atoms with Gasteiger partial charge in [-0.1, -0.05) is 0 Å². The SMILES string of the molecule is NS(=O)(=O)c1cc(C(F)F)c(C(F)(F)F)c(CCl)n1. The van der Waals surface area contributed by atoms with Crippen LogP contribution in [-0.2, 0) is 22.1 Å². The van der Waals surface area contributed by atoms with Gasteiger partial charge in [-0.3, -0.25) is 0 Å². The number of hydrogen-bond donors (Lipinski definition) is 1. The van der Waals surface area contributed by atoms with Crippen LogP contribution < -0.4 is 5.14 Å². The van der Waals surface area contributed by atoms with Crippen molar-refractivity contribution >= 4 is 21.6 Å². The molecule has 1 aromatic heterocycles. The highest BCUT2D eigenvalue weighted by Crippen LogP contribution is 2.39. The number of rotatable bonds is 3. The second-order valence-corrected chi connectivity index (χ2v) is 5.12. The molecule has 0 bridgehead atoms. The minimum Gasteiger partial charge on any atom is -0.238 e. The number of pyridine rings is 1. The normalized spacial score (nSPS) is 13.1. The molecule has 4 nitrogen and oxygen atoms in total. The average molecular weight is 325 g/mol. The van der Waals surface area contributed by atoms with E-state index in [0.717, 1.165) is 0 Å². The highest BCUT2D eigenvalue weighted by molar-refractivity contribution is 7.89. The molecule has 0 unspecified atom stereocenters. The second kappa shape index (κ2) is 5.17. The quantitative estimate of drug-likeness (QED) is 0.685. The van der Waals surface area contributed by atoms with Crippen molar-refractivity contribution in [3.63, 3.8) is 0 Å². The number of sulfonamides is 1. The maximum Gasteiger partial charge on any atom is 0.418 e.